The Morgan fingerprint density at radius 1 is 1.33 bits per heavy atom. The lowest BCUT2D eigenvalue weighted by Gasteiger charge is -2.06. The number of fused-ring (bicyclic) bond motifs is 3. The summed E-state index contributed by atoms with van der Waals surface area (Å²) in [7, 11) is 0. The number of carbonyl (C=O) groups is 1. The molecular formula is C11H10O4. The first-order valence-corrected chi connectivity index (χ1v) is 4.87. The number of phenolic OH excluding ortho intramolecular Hbond substituents is 1. The van der Waals surface area contributed by atoms with E-state index in [0.29, 0.717) is 5.75 Å². The van der Waals surface area contributed by atoms with Crippen LogP contribution in [-0.2, 0) is 9.53 Å². The van der Waals surface area contributed by atoms with Crippen LogP contribution in [0, 0.1) is 5.92 Å². The number of ether oxygens (including phenoxy) is 2. The predicted molar refractivity (Wildman–Crippen MR) is 50.5 cm³/mol. The highest BCUT2D eigenvalue weighted by Crippen LogP contribution is 2.48. The zero-order chi connectivity index (χ0) is 10.6. The highest BCUT2D eigenvalue weighted by atomic mass is 16.7. The molecule has 4 heteroatoms. The van der Waals surface area contributed by atoms with Crippen LogP contribution in [-0.4, -0.2) is 17.4 Å². The first-order chi connectivity index (χ1) is 7.16. The molecule has 3 atom stereocenters. The van der Waals surface area contributed by atoms with E-state index in [1.54, 1.807) is 18.2 Å². The molecule has 0 saturated carbocycles. The molecule has 2 aliphatic heterocycles. The summed E-state index contributed by atoms with van der Waals surface area (Å²) in [6, 6.07) is 4.93. The van der Waals surface area contributed by atoms with E-state index < -0.39 is 6.29 Å². The van der Waals surface area contributed by atoms with E-state index in [9.17, 15) is 9.90 Å². The fourth-order valence-electron chi connectivity index (χ4n) is 2.22. The molecule has 3 rings (SSSR count). The Balaban J connectivity index is 2.08. The fraction of sp³-hybridized carbons (Fsp3) is 0.364. The fourth-order valence-corrected chi connectivity index (χ4v) is 2.22. The average Bonchev–Trinajstić information content (AvgIpc) is 2.64. The molecule has 0 bridgehead atoms. The van der Waals surface area contributed by atoms with Crippen LogP contribution in [0.1, 0.15) is 18.4 Å². The van der Waals surface area contributed by atoms with Crippen LogP contribution in [0.3, 0.4) is 0 Å². The molecule has 1 N–H and O–H groups in total. The van der Waals surface area contributed by atoms with Crippen LogP contribution in [0.15, 0.2) is 18.2 Å². The van der Waals surface area contributed by atoms with Gasteiger partial charge in [0.05, 0.1) is 11.8 Å². The van der Waals surface area contributed by atoms with Crippen molar-refractivity contribution in [2.75, 3.05) is 0 Å². The van der Waals surface area contributed by atoms with Gasteiger partial charge in [0.1, 0.15) is 11.5 Å². The van der Waals surface area contributed by atoms with Gasteiger partial charge >= 0.3 is 5.97 Å². The van der Waals surface area contributed by atoms with Gasteiger partial charge in [-0.15, -0.1) is 0 Å². The monoisotopic (exact) mass is 206 g/mol. The van der Waals surface area contributed by atoms with E-state index >= 15 is 0 Å². The molecule has 2 aliphatic rings. The minimum atomic E-state index is -0.510. The Hall–Kier alpha value is -1.71. The maximum absolute atomic E-state index is 11.3. The lowest BCUT2D eigenvalue weighted by Crippen LogP contribution is -2.15. The Labute approximate surface area is 86.4 Å². The molecule has 0 amide bonds. The second kappa shape index (κ2) is 2.66. The standard InChI is InChI=1S/C11H10O4/c1-5-9-7-3-2-6(12)4-8(7)14-11(9)15-10(5)13/h2-5,9,11-12H,1H3. The second-order valence-electron chi connectivity index (χ2n) is 3.96. The van der Waals surface area contributed by atoms with Crippen molar-refractivity contribution in [3.05, 3.63) is 23.8 Å². The number of esters is 1. The van der Waals surface area contributed by atoms with Crippen molar-refractivity contribution in [1.29, 1.82) is 0 Å². The summed E-state index contributed by atoms with van der Waals surface area (Å²) in [5.41, 5.74) is 0.941. The highest BCUT2D eigenvalue weighted by molar-refractivity contribution is 5.77. The Morgan fingerprint density at radius 3 is 2.93 bits per heavy atom. The molecule has 1 saturated heterocycles. The largest absolute Gasteiger partial charge is 0.508 e. The summed E-state index contributed by atoms with van der Waals surface area (Å²) in [5, 5.41) is 9.29. The molecule has 0 radical (unpaired) electrons. The molecule has 0 aromatic heterocycles. The molecule has 0 aliphatic carbocycles. The Kier molecular flexibility index (Phi) is 1.52. The van der Waals surface area contributed by atoms with E-state index in [0.717, 1.165) is 5.56 Å². The van der Waals surface area contributed by atoms with Gasteiger partial charge in [-0.25, -0.2) is 0 Å². The van der Waals surface area contributed by atoms with Crippen LogP contribution in [0.25, 0.3) is 0 Å². The van der Waals surface area contributed by atoms with Crippen LogP contribution in [0.2, 0.25) is 0 Å². The number of rotatable bonds is 0. The molecule has 3 unspecified atom stereocenters. The van der Waals surface area contributed by atoms with Gasteiger partial charge in [0.2, 0.25) is 0 Å². The molecule has 78 valence electrons. The molecular weight excluding hydrogens is 196 g/mol. The van der Waals surface area contributed by atoms with Gasteiger partial charge in [0.25, 0.3) is 6.29 Å². The molecule has 2 heterocycles. The topological polar surface area (TPSA) is 55.8 Å². The van der Waals surface area contributed by atoms with Crippen molar-refractivity contribution in [2.24, 2.45) is 5.92 Å². The second-order valence-corrected chi connectivity index (χ2v) is 3.96. The molecule has 4 nitrogen and oxygen atoms in total. The number of hydrogen-bond donors (Lipinski definition) is 1. The minimum absolute atomic E-state index is 0.0342. The molecule has 1 aromatic rings. The summed E-state index contributed by atoms with van der Waals surface area (Å²) >= 11 is 0. The molecule has 15 heavy (non-hydrogen) atoms. The van der Waals surface area contributed by atoms with Crippen LogP contribution >= 0.6 is 0 Å². The van der Waals surface area contributed by atoms with Crippen molar-refractivity contribution in [2.45, 2.75) is 19.1 Å². The van der Waals surface area contributed by atoms with E-state index in [2.05, 4.69) is 0 Å². The number of carbonyl (C=O) groups excluding carboxylic acids is 1. The third-order valence-corrected chi connectivity index (χ3v) is 3.04. The Morgan fingerprint density at radius 2 is 2.13 bits per heavy atom. The van der Waals surface area contributed by atoms with Gasteiger partial charge in [-0.1, -0.05) is 13.0 Å². The zero-order valence-electron chi connectivity index (χ0n) is 8.14. The van der Waals surface area contributed by atoms with Crippen LogP contribution < -0.4 is 4.74 Å². The van der Waals surface area contributed by atoms with E-state index in [1.165, 1.54) is 0 Å². The van der Waals surface area contributed by atoms with Crippen molar-refractivity contribution < 1.29 is 19.4 Å². The van der Waals surface area contributed by atoms with Gasteiger partial charge in [0.15, 0.2) is 0 Å². The first-order valence-electron chi connectivity index (χ1n) is 4.87. The first kappa shape index (κ1) is 8.59. The number of benzene rings is 1. The summed E-state index contributed by atoms with van der Waals surface area (Å²) in [4.78, 5) is 11.3. The predicted octanol–water partition coefficient (Wildman–Crippen LogP) is 1.39. The van der Waals surface area contributed by atoms with Crippen LogP contribution in [0.5, 0.6) is 11.5 Å². The third kappa shape index (κ3) is 1.04. The van der Waals surface area contributed by atoms with Crippen molar-refractivity contribution in [3.63, 3.8) is 0 Å². The van der Waals surface area contributed by atoms with Crippen molar-refractivity contribution in [3.8, 4) is 11.5 Å². The molecule has 1 aromatic carbocycles. The average molecular weight is 206 g/mol. The smallest absolute Gasteiger partial charge is 0.312 e. The third-order valence-electron chi connectivity index (χ3n) is 3.04. The summed E-state index contributed by atoms with van der Waals surface area (Å²) in [6.45, 7) is 1.83. The van der Waals surface area contributed by atoms with Crippen molar-refractivity contribution in [1.82, 2.24) is 0 Å². The van der Waals surface area contributed by atoms with E-state index in [1.807, 2.05) is 6.92 Å². The highest BCUT2D eigenvalue weighted by Gasteiger charge is 2.49. The summed E-state index contributed by atoms with van der Waals surface area (Å²) in [6.07, 6.45) is -0.510. The lowest BCUT2D eigenvalue weighted by molar-refractivity contribution is -0.152. The Bertz CT molecular complexity index is 440. The van der Waals surface area contributed by atoms with Gasteiger partial charge < -0.3 is 14.6 Å². The summed E-state index contributed by atoms with van der Waals surface area (Å²) in [5.74, 6) is 0.342. The number of phenols is 1. The molecule has 0 spiro atoms. The molecule has 1 fully saturated rings. The maximum Gasteiger partial charge on any atom is 0.312 e. The number of hydrogen-bond acceptors (Lipinski definition) is 4. The van der Waals surface area contributed by atoms with Gasteiger partial charge in [-0.3, -0.25) is 4.79 Å². The van der Waals surface area contributed by atoms with Gasteiger partial charge in [0, 0.05) is 11.6 Å². The SMILES string of the molecule is CC1C(=O)OC2Oc3cc(O)ccc3C21. The summed E-state index contributed by atoms with van der Waals surface area (Å²) < 4.78 is 10.5. The van der Waals surface area contributed by atoms with Gasteiger partial charge in [-0.05, 0) is 6.07 Å². The maximum atomic E-state index is 11.3. The lowest BCUT2D eigenvalue weighted by atomic mass is 9.90. The minimum Gasteiger partial charge on any atom is -0.508 e. The van der Waals surface area contributed by atoms with Gasteiger partial charge in [-0.2, -0.15) is 0 Å². The zero-order valence-corrected chi connectivity index (χ0v) is 8.14. The van der Waals surface area contributed by atoms with Crippen molar-refractivity contribution >= 4 is 5.97 Å². The normalized spacial score (nSPS) is 31.8. The quantitative estimate of drug-likeness (QED) is 0.651. The van der Waals surface area contributed by atoms with E-state index in [-0.39, 0.29) is 23.6 Å². The van der Waals surface area contributed by atoms with E-state index in [4.69, 9.17) is 9.47 Å². The number of aromatic hydroxyl groups is 1. The van der Waals surface area contributed by atoms with Crippen LogP contribution in [0.4, 0.5) is 0 Å².